The molecule has 47 heavy (non-hydrogen) atoms. The van der Waals surface area contributed by atoms with Crippen molar-refractivity contribution in [3.63, 3.8) is 0 Å². The highest BCUT2D eigenvalue weighted by Gasteiger charge is 2.85. The van der Waals surface area contributed by atoms with Crippen LogP contribution in [0.4, 0.5) is 5.82 Å². The first-order valence-corrected chi connectivity index (χ1v) is 16.8. The van der Waals surface area contributed by atoms with E-state index in [1.165, 1.54) is 0 Å². The maximum absolute atomic E-state index is 14.1. The molecular weight excluding hydrogens is 596 g/mol. The Hall–Kier alpha value is -4.09. The Morgan fingerprint density at radius 2 is 1.98 bits per heavy atom. The van der Waals surface area contributed by atoms with Gasteiger partial charge in [-0.3, -0.25) is 14.6 Å². The van der Waals surface area contributed by atoms with Crippen LogP contribution >= 0.6 is 0 Å². The molecule has 3 heterocycles. The highest BCUT2D eigenvalue weighted by Crippen LogP contribution is 2.58. The molecule has 0 saturated carbocycles. The Kier molecular flexibility index (Phi) is 10.5. The van der Waals surface area contributed by atoms with Gasteiger partial charge < -0.3 is 31.2 Å². The molecule has 2 fully saturated rings. The number of nitrogen functional groups attached to an aromatic ring is 1. The quantitative estimate of drug-likeness (QED) is 0.102. The standard InChI is InChI=1S/C36H48N6O5/c1-5-7-11-25(22-39-6-2)23-46-32(45)36-31(44)28-13-9-8-12-27(28)30(43)35(36,47-36)17-14-24(3)21-34(26-15-19-40-29(37)20-26)16-10-18-41-33(38-4)42-34/h8-9,12-15,19-20,25,39H,5-7,10-11,16-18,21-23H2,1-4H3,(H2,37,40)(H2,38,41,42)/b24-14+/t25-,34+,35+,36+/m1/s1. The topological polar surface area (TPSA) is 160 Å². The lowest BCUT2D eigenvalue weighted by molar-refractivity contribution is -0.149. The molecule has 0 radical (unpaired) electrons. The van der Waals surface area contributed by atoms with Crippen LogP contribution in [0.2, 0.25) is 0 Å². The van der Waals surface area contributed by atoms with Crippen LogP contribution in [0.3, 0.4) is 0 Å². The molecule has 5 rings (SSSR count). The van der Waals surface area contributed by atoms with Gasteiger partial charge in [-0.15, -0.1) is 0 Å². The van der Waals surface area contributed by atoms with Crippen LogP contribution in [0, 0.1) is 5.92 Å². The molecule has 2 aromatic rings. The summed E-state index contributed by atoms with van der Waals surface area (Å²) in [6.45, 7) is 8.53. The first-order chi connectivity index (χ1) is 22.7. The molecule has 5 N–H and O–H groups in total. The fourth-order valence-electron chi connectivity index (χ4n) is 7.04. The summed E-state index contributed by atoms with van der Waals surface area (Å²) in [6, 6.07) is 10.4. The van der Waals surface area contributed by atoms with Gasteiger partial charge in [0, 0.05) is 49.8 Å². The minimum absolute atomic E-state index is 0.0467. The molecule has 252 valence electrons. The lowest BCUT2D eigenvalue weighted by Crippen LogP contribution is -2.50. The third-order valence-electron chi connectivity index (χ3n) is 9.65. The van der Waals surface area contributed by atoms with Gasteiger partial charge in [-0.25, -0.2) is 9.78 Å². The van der Waals surface area contributed by atoms with Crippen molar-refractivity contribution >= 4 is 29.3 Å². The number of fused-ring (bicyclic) bond motifs is 2. The smallest absolute Gasteiger partial charge is 0.350 e. The van der Waals surface area contributed by atoms with Crippen LogP contribution in [0.1, 0.15) is 92.0 Å². The summed E-state index contributed by atoms with van der Waals surface area (Å²) >= 11 is 0. The second-order valence-electron chi connectivity index (χ2n) is 12.9. The van der Waals surface area contributed by atoms with Crippen LogP contribution in [0.15, 0.2) is 59.2 Å². The van der Waals surface area contributed by atoms with E-state index in [2.05, 4.69) is 32.9 Å². The van der Waals surface area contributed by atoms with Crippen molar-refractivity contribution in [3.05, 3.63) is 70.9 Å². The predicted molar refractivity (Wildman–Crippen MR) is 181 cm³/mol. The SMILES string of the molecule is CCCC[C@H](CNCC)COC(=O)[C@]12O[C@@]1(C/C=C(\C)C[C@]1(c3ccnc(N)c3)CCCNC(=NC)N1)C(=O)c1ccccc1C2=O. The lowest BCUT2D eigenvalue weighted by Gasteiger charge is -2.35. The third kappa shape index (κ3) is 6.56. The van der Waals surface area contributed by atoms with Crippen LogP contribution in [0.5, 0.6) is 0 Å². The number of guanidine groups is 1. The van der Waals surface area contributed by atoms with E-state index in [0.29, 0.717) is 24.7 Å². The fourth-order valence-corrected chi connectivity index (χ4v) is 7.04. The van der Waals surface area contributed by atoms with Gasteiger partial charge >= 0.3 is 5.97 Å². The van der Waals surface area contributed by atoms with Crippen molar-refractivity contribution in [2.75, 3.05) is 39.0 Å². The highest BCUT2D eigenvalue weighted by atomic mass is 16.7. The number of rotatable bonds is 14. The fraction of sp³-hybridized carbons (Fsp3) is 0.528. The largest absolute Gasteiger partial charge is 0.463 e. The molecule has 0 bridgehead atoms. The number of carbonyl (C=O) groups excluding carboxylic acids is 3. The molecule has 0 spiro atoms. The number of benzene rings is 1. The summed E-state index contributed by atoms with van der Waals surface area (Å²) in [5.41, 5.74) is 4.24. The second kappa shape index (κ2) is 14.4. The number of epoxide rings is 1. The van der Waals surface area contributed by atoms with Crippen LogP contribution in [-0.4, -0.2) is 73.0 Å². The average molecular weight is 645 g/mol. The van der Waals surface area contributed by atoms with Crippen molar-refractivity contribution in [1.82, 2.24) is 20.9 Å². The van der Waals surface area contributed by atoms with Crippen molar-refractivity contribution in [2.45, 2.75) is 82.5 Å². The Bertz CT molecular complexity index is 1550. The third-order valence-corrected chi connectivity index (χ3v) is 9.65. The zero-order valence-electron chi connectivity index (χ0n) is 28.0. The van der Waals surface area contributed by atoms with Gasteiger partial charge in [-0.1, -0.05) is 62.6 Å². The number of hydrogen-bond acceptors (Lipinski definition) is 9. The number of anilines is 1. The number of nitrogens with one attached hydrogen (secondary N) is 3. The van der Waals surface area contributed by atoms with Crippen LogP contribution in [0.25, 0.3) is 0 Å². The predicted octanol–water partition coefficient (Wildman–Crippen LogP) is 4.09. The van der Waals surface area contributed by atoms with Gasteiger partial charge in [-0.05, 0) is 56.8 Å². The number of esters is 1. The van der Waals surface area contributed by atoms with E-state index in [9.17, 15) is 14.4 Å². The number of pyridine rings is 1. The molecule has 11 heteroatoms. The number of aromatic nitrogens is 1. The number of aliphatic imine (C=N–C) groups is 1. The molecule has 0 unspecified atom stereocenters. The van der Waals surface area contributed by atoms with Crippen LogP contribution < -0.4 is 21.7 Å². The molecule has 0 amide bonds. The van der Waals surface area contributed by atoms with Gasteiger partial charge in [0.25, 0.3) is 5.60 Å². The maximum Gasteiger partial charge on any atom is 0.350 e. The number of nitrogens with two attached hydrogens (primary N) is 1. The van der Waals surface area contributed by atoms with Crippen molar-refractivity contribution in [2.24, 2.45) is 10.9 Å². The van der Waals surface area contributed by atoms with E-state index < -0.39 is 28.5 Å². The minimum Gasteiger partial charge on any atom is -0.463 e. The van der Waals surface area contributed by atoms with Crippen molar-refractivity contribution in [3.8, 4) is 0 Å². The summed E-state index contributed by atoms with van der Waals surface area (Å²) in [7, 11) is 1.73. The summed E-state index contributed by atoms with van der Waals surface area (Å²) in [5.74, 6) is -0.518. The first kappa shape index (κ1) is 34.3. The molecular formula is C36H48N6O5. The molecule has 1 aromatic carbocycles. The Morgan fingerprint density at radius 3 is 2.68 bits per heavy atom. The summed E-state index contributed by atoms with van der Waals surface area (Å²) in [4.78, 5) is 50.7. The van der Waals surface area contributed by atoms with Gasteiger partial charge in [0.15, 0.2) is 17.3 Å². The number of carbonyl (C=O) groups is 3. The van der Waals surface area contributed by atoms with E-state index in [4.69, 9.17) is 15.2 Å². The van der Waals surface area contributed by atoms with Crippen molar-refractivity contribution < 1.29 is 23.9 Å². The summed E-state index contributed by atoms with van der Waals surface area (Å²) in [6.07, 6.45) is 8.76. The summed E-state index contributed by atoms with van der Waals surface area (Å²) in [5, 5.41) is 10.3. The van der Waals surface area contributed by atoms with Gasteiger partial charge in [-0.2, -0.15) is 0 Å². The number of unbranched alkanes of at least 4 members (excludes halogenated alkanes) is 1. The Labute approximate surface area is 277 Å². The van der Waals surface area contributed by atoms with E-state index in [1.807, 2.05) is 32.1 Å². The van der Waals surface area contributed by atoms with Gasteiger partial charge in [0.2, 0.25) is 5.78 Å². The maximum atomic E-state index is 14.1. The molecule has 1 aromatic heterocycles. The molecule has 2 aliphatic heterocycles. The van der Waals surface area contributed by atoms with E-state index >= 15 is 0 Å². The highest BCUT2D eigenvalue weighted by molar-refractivity contribution is 6.32. The Balaban J connectivity index is 1.44. The zero-order chi connectivity index (χ0) is 33.7. The number of ketones is 2. The first-order valence-electron chi connectivity index (χ1n) is 16.8. The van der Waals surface area contributed by atoms with E-state index in [-0.39, 0.29) is 35.9 Å². The number of ether oxygens (including phenoxy) is 2. The molecule has 11 nitrogen and oxygen atoms in total. The van der Waals surface area contributed by atoms with E-state index in [1.54, 1.807) is 37.5 Å². The molecule has 3 aliphatic rings. The normalized spacial score (nSPS) is 26.8. The van der Waals surface area contributed by atoms with E-state index in [0.717, 1.165) is 56.3 Å². The van der Waals surface area contributed by atoms with Gasteiger partial charge in [0.05, 0.1) is 12.1 Å². The summed E-state index contributed by atoms with van der Waals surface area (Å²) < 4.78 is 12.0. The monoisotopic (exact) mass is 644 g/mol. The number of hydrogen-bond donors (Lipinski definition) is 4. The minimum atomic E-state index is -2.01. The second-order valence-corrected chi connectivity index (χ2v) is 12.9. The lowest BCUT2D eigenvalue weighted by atomic mass is 9.72. The zero-order valence-corrected chi connectivity index (χ0v) is 28.0. The van der Waals surface area contributed by atoms with Crippen molar-refractivity contribution in [1.29, 1.82) is 0 Å². The Morgan fingerprint density at radius 1 is 1.21 bits per heavy atom. The number of Topliss-reactive ketones (excluding diaryl/α,β-unsaturated/α-hetero) is 2. The molecule has 2 saturated heterocycles. The molecule has 1 aliphatic carbocycles. The van der Waals surface area contributed by atoms with Crippen LogP contribution in [-0.2, 0) is 19.8 Å². The molecule has 4 atom stereocenters. The van der Waals surface area contributed by atoms with Gasteiger partial charge in [0.1, 0.15) is 5.82 Å². The number of nitrogens with zero attached hydrogens (tertiary/aromatic N) is 2. The average Bonchev–Trinajstić information content (AvgIpc) is 3.83.